The van der Waals surface area contributed by atoms with Gasteiger partial charge in [0.15, 0.2) is 0 Å². The molecule has 1 aromatic heterocycles. The molecular formula is C16H28N4O. The minimum atomic E-state index is 0.389. The Morgan fingerprint density at radius 3 is 2.76 bits per heavy atom. The Morgan fingerprint density at radius 2 is 2.05 bits per heavy atom. The number of aromatic nitrogens is 2. The van der Waals surface area contributed by atoms with Crippen molar-refractivity contribution in [2.45, 2.75) is 31.8 Å². The van der Waals surface area contributed by atoms with E-state index in [0.29, 0.717) is 12.0 Å². The van der Waals surface area contributed by atoms with Crippen molar-refractivity contribution in [1.82, 2.24) is 19.4 Å². The average molecular weight is 292 g/mol. The monoisotopic (exact) mass is 292 g/mol. The molecule has 0 unspecified atom stereocenters. The van der Waals surface area contributed by atoms with Gasteiger partial charge in [-0.3, -0.25) is 4.90 Å². The zero-order valence-electron chi connectivity index (χ0n) is 13.4. The third-order valence-electron chi connectivity index (χ3n) is 4.79. The highest BCUT2D eigenvalue weighted by Gasteiger charge is 2.24. The van der Waals surface area contributed by atoms with E-state index in [1.54, 1.807) is 0 Å². The largest absolute Gasteiger partial charge is 0.376 e. The topological polar surface area (TPSA) is 33.5 Å². The first-order chi connectivity index (χ1) is 10.2. The van der Waals surface area contributed by atoms with Crippen LogP contribution < -0.4 is 0 Å². The lowest BCUT2D eigenvalue weighted by Gasteiger charge is -2.36. The summed E-state index contributed by atoms with van der Waals surface area (Å²) >= 11 is 0. The summed E-state index contributed by atoms with van der Waals surface area (Å²) in [6, 6.07) is 0. The molecule has 2 fully saturated rings. The smallest absolute Gasteiger partial charge is 0.112 e. The van der Waals surface area contributed by atoms with Crippen LogP contribution in [0.15, 0.2) is 12.4 Å². The van der Waals surface area contributed by atoms with Gasteiger partial charge in [-0.05, 0) is 26.3 Å². The Morgan fingerprint density at radius 1 is 1.24 bits per heavy atom. The van der Waals surface area contributed by atoms with Gasteiger partial charge in [0.2, 0.25) is 0 Å². The number of aryl methyl sites for hydroxylation is 1. The molecule has 21 heavy (non-hydrogen) atoms. The van der Waals surface area contributed by atoms with Crippen molar-refractivity contribution in [3.63, 3.8) is 0 Å². The summed E-state index contributed by atoms with van der Waals surface area (Å²) in [7, 11) is 2.11. The van der Waals surface area contributed by atoms with Crippen molar-refractivity contribution in [2.75, 3.05) is 45.9 Å². The molecule has 5 heteroatoms. The number of piperidine rings is 1. The molecule has 2 aliphatic rings. The van der Waals surface area contributed by atoms with Crippen molar-refractivity contribution in [1.29, 1.82) is 0 Å². The standard InChI is InChI=1S/C16H28N4O/c1-14-12-20(10-11-21-14)9-8-19-6-3-4-15(13-19)16-17-5-7-18(16)2/h5,7,14-15H,3-4,6,8-13H2,1-2H3/t14-,15+/m0/s1. The molecule has 0 amide bonds. The maximum atomic E-state index is 5.61. The molecule has 2 saturated heterocycles. The fourth-order valence-corrected chi connectivity index (χ4v) is 3.62. The molecule has 0 saturated carbocycles. The van der Waals surface area contributed by atoms with E-state index < -0.39 is 0 Å². The Labute approximate surface area is 127 Å². The van der Waals surface area contributed by atoms with Crippen molar-refractivity contribution in [3.8, 4) is 0 Å². The summed E-state index contributed by atoms with van der Waals surface area (Å²) < 4.78 is 7.79. The van der Waals surface area contributed by atoms with Crippen molar-refractivity contribution >= 4 is 0 Å². The van der Waals surface area contributed by atoms with Crippen LogP contribution >= 0.6 is 0 Å². The molecule has 2 aliphatic heterocycles. The summed E-state index contributed by atoms with van der Waals surface area (Å²) in [6.07, 6.45) is 6.93. The molecule has 3 rings (SSSR count). The van der Waals surface area contributed by atoms with E-state index in [0.717, 1.165) is 26.2 Å². The van der Waals surface area contributed by atoms with E-state index in [9.17, 15) is 0 Å². The zero-order chi connectivity index (χ0) is 14.7. The van der Waals surface area contributed by atoms with Crippen molar-refractivity contribution in [2.24, 2.45) is 7.05 Å². The van der Waals surface area contributed by atoms with E-state index in [1.807, 2.05) is 6.20 Å². The highest BCUT2D eigenvalue weighted by Crippen LogP contribution is 2.25. The van der Waals surface area contributed by atoms with Crippen LogP contribution in [0.2, 0.25) is 0 Å². The molecule has 1 aromatic rings. The number of hydrogen-bond acceptors (Lipinski definition) is 4. The molecule has 0 aromatic carbocycles. The molecule has 0 bridgehead atoms. The molecule has 0 radical (unpaired) electrons. The van der Waals surface area contributed by atoms with Crippen LogP contribution in [0.4, 0.5) is 0 Å². The predicted molar refractivity (Wildman–Crippen MR) is 83.5 cm³/mol. The second kappa shape index (κ2) is 6.90. The van der Waals surface area contributed by atoms with Gasteiger partial charge in [-0.2, -0.15) is 0 Å². The molecule has 0 spiro atoms. The number of nitrogens with zero attached hydrogens (tertiary/aromatic N) is 4. The molecule has 0 aliphatic carbocycles. The van der Waals surface area contributed by atoms with Gasteiger partial charge in [-0.25, -0.2) is 4.98 Å². The van der Waals surface area contributed by atoms with Gasteiger partial charge in [0, 0.05) is 58.1 Å². The first-order valence-corrected chi connectivity index (χ1v) is 8.26. The van der Waals surface area contributed by atoms with Crippen LogP contribution in [0, 0.1) is 0 Å². The second-order valence-corrected chi connectivity index (χ2v) is 6.52. The molecule has 118 valence electrons. The second-order valence-electron chi connectivity index (χ2n) is 6.52. The van der Waals surface area contributed by atoms with Crippen LogP contribution in [-0.2, 0) is 11.8 Å². The lowest BCUT2D eigenvalue weighted by Crippen LogP contribution is -2.46. The lowest BCUT2D eigenvalue weighted by molar-refractivity contribution is -0.0212. The fourth-order valence-electron chi connectivity index (χ4n) is 3.62. The van der Waals surface area contributed by atoms with E-state index in [4.69, 9.17) is 4.74 Å². The molecule has 0 N–H and O–H groups in total. The third-order valence-corrected chi connectivity index (χ3v) is 4.79. The summed E-state index contributed by atoms with van der Waals surface area (Å²) in [4.78, 5) is 9.70. The van der Waals surface area contributed by atoms with Crippen LogP contribution in [0.5, 0.6) is 0 Å². The van der Waals surface area contributed by atoms with Gasteiger partial charge < -0.3 is 14.2 Å². The third kappa shape index (κ3) is 3.84. The van der Waals surface area contributed by atoms with Gasteiger partial charge in [0.25, 0.3) is 0 Å². The van der Waals surface area contributed by atoms with E-state index in [-0.39, 0.29) is 0 Å². The SMILES string of the molecule is C[C@H]1CN(CCN2CCC[C@@H](c3nccn3C)C2)CCO1. The maximum absolute atomic E-state index is 5.61. The van der Waals surface area contributed by atoms with Crippen LogP contribution in [-0.4, -0.2) is 71.3 Å². The van der Waals surface area contributed by atoms with Gasteiger partial charge in [0.05, 0.1) is 12.7 Å². The minimum Gasteiger partial charge on any atom is -0.376 e. The first kappa shape index (κ1) is 15.0. The Balaban J connectivity index is 1.49. The van der Waals surface area contributed by atoms with Crippen molar-refractivity contribution < 1.29 is 4.74 Å². The van der Waals surface area contributed by atoms with E-state index >= 15 is 0 Å². The lowest BCUT2D eigenvalue weighted by atomic mass is 9.97. The number of ether oxygens (including phenoxy) is 1. The first-order valence-electron chi connectivity index (χ1n) is 8.26. The molecule has 2 atom stereocenters. The predicted octanol–water partition coefficient (Wildman–Crippen LogP) is 1.32. The Hall–Kier alpha value is -0.910. The number of likely N-dealkylation sites (tertiary alicyclic amines) is 1. The van der Waals surface area contributed by atoms with Crippen LogP contribution in [0.3, 0.4) is 0 Å². The van der Waals surface area contributed by atoms with Crippen LogP contribution in [0.1, 0.15) is 31.5 Å². The Bertz CT molecular complexity index is 447. The average Bonchev–Trinajstić information content (AvgIpc) is 2.92. The van der Waals surface area contributed by atoms with Gasteiger partial charge in [-0.15, -0.1) is 0 Å². The summed E-state index contributed by atoms with van der Waals surface area (Å²) in [6.45, 7) is 9.96. The van der Waals surface area contributed by atoms with Crippen molar-refractivity contribution in [3.05, 3.63) is 18.2 Å². The Kier molecular flexibility index (Phi) is 4.93. The maximum Gasteiger partial charge on any atom is 0.112 e. The number of morpholine rings is 1. The summed E-state index contributed by atoms with van der Waals surface area (Å²) in [5.41, 5.74) is 0. The molecule has 3 heterocycles. The number of rotatable bonds is 4. The quantitative estimate of drug-likeness (QED) is 0.838. The number of imidazole rings is 1. The fraction of sp³-hybridized carbons (Fsp3) is 0.812. The normalized spacial score (nSPS) is 28.9. The summed E-state index contributed by atoms with van der Waals surface area (Å²) in [5.74, 6) is 1.85. The van der Waals surface area contributed by atoms with E-state index in [1.165, 1.54) is 38.3 Å². The van der Waals surface area contributed by atoms with E-state index in [2.05, 4.69) is 39.5 Å². The minimum absolute atomic E-state index is 0.389. The zero-order valence-corrected chi connectivity index (χ0v) is 13.4. The van der Waals surface area contributed by atoms with Gasteiger partial charge in [-0.1, -0.05) is 0 Å². The number of hydrogen-bond donors (Lipinski definition) is 0. The van der Waals surface area contributed by atoms with Gasteiger partial charge >= 0.3 is 0 Å². The highest BCUT2D eigenvalue weighted by atomic mass is 16.5. The van der Waals surface area contributed by atoms with Gasteiger partial charge in [0.1, 0.15) is 5.82 Å². The highest BCUT2D eigenvalue weighted by molar-refractivity contribution is 5.02. The molecule has 5 nitrogen and oxygen atoms in total. The summed E-state index contributed by atoms with van der Waals surface area (Å²) in [5, 5.41) is 0. The molecular weight excluding hydrogens is 264 g/mol. The van der Waals surface area contributed by atoms with Crippen LogP contribution in [0.25, 0.3) is 0 Å².